The van der Waals surface area contributed by atoms with Gasteiger partial charge < -0.3 is 0 Å². The van der Waals surface area contributed by atoms with E-state index in [4.69, 9.17) is 4.99 Å². The van der Waals surface area contributed by atoms with Crippen LogP contribution in [-0.4, -0.2) is 15.5 Å². The molecule has 3 nitrogen and oxygen atoms in total. The van der Waals surface area contributed by atoms with Gasteiger partial charge in [0.1, 0.15) is 0 Å². The highest BCUT2D eigenvalue weighted by Crippen LogP contribution is 2.34. The Kier molecular flexibility index (Phi) is 3.62. The minimum atomic E-state index is 0.191. The van der Waals surface area contributed by atoms with E-state index in [1.54, 1.807) is 0 Å². The van der Waals surface area contributed by atoms with Crippen LogP contribution in [0.15, 0.2) is 70.1 Å². The molecule has 114 valence electrons. The molecule has 0 spiro atoms. The molecule has 0 saturated carbocycles. The van der Waals surface area contributed by atoms with Gasteiger partial charge in [0.15, 0.2) is 5.82 Å². The Bertz CT molecular complexity index is 863. The van der Waals surface area contributed by atoms with Crippen LogP contribution in [0.1, 0.15) is 29.3 Å². The zero-order chi connectivity index (χ0) is 15.8. The first kappa shape index (κ1) is 14.4. The Hall–Kier alpha value is -2.20. The molecule has 1 aliphatic heterocycles. The fraction of sp³-hybridized carbons (Fsp3) is 0.158. The monoisotopic (exact) mass is 365 g/mol. The maximum atomic E-state index is 4.84. The van der Waals surface area contributed by atoms with Gasteiger partial charge in [0.25, 0.3) is 0 Å². The summed E-state index contributed by atoms with van der Waals surface area (Å²) in [5.74, 6) is 0.931. The minimum absolute atomic E-state index is 0.191. The summed E-state index contributed by atoms with van der Waals surface area (Å²) in [7, 11) is 0. The first-order valence-corrected chi connectivity index (χ1v) is 8.44. The van der Waals surface area contributed by atoms with Crippen molar-refractivity contribution in [3.8, 4) is 0 Å². The summed E-state index contributed by atoms with van der Waals surface area (Å²) in [5.41, 5.74) is 4.54. The number of aromatic nitrogens is 2. The zero-order valence-corrected chi connectivity index (χ0v) is 14.4. The van der Waals surface area contributed by atoms with Gasteiger partial charge in [-0.3, -0.25) is 0 Å². The van der Waals surface area contributed by atoms with E-state index in [2.05, 4.69) is 69.6 Å². The number of rotatable bonds is 2. The molecule has 0 unspecified atom stereocenters. The third-order valence-corrected chi connectivity index (χ3v) is 4.66. The van der Waals surface area contributed by atoms with Crippen molar-refractivity contribution < 1.29 is 0 Å². The second kappa shape index (κ2) is 5.78. The Labute approximate surface area is 143 Å². The second-order valence-corrected chi connectivity index (χ2v) is 6.70. The van der Waals surface area contributed by atoms with Crippen LogP contribution in [0.3, 0.4) is 0 Å². The number of hydrogen-bond acceptors (Lipinski definition) is 2. The SMILES string of the molecule is Cc1cc2n(n1)[C@H](c1ccccc1)CC(c1ccc(Br)cc1)=N2. The van der Waals surface area contributed by atoms with E-state index in [9.17, 15) is 0 Å². The van der Waals surface area contributed by atoms with Crippen LogP contribution in [0.5, 0.6) is 0 Å². The summed E-state index contributed by atoms with van der Waals surface area (Å²) in [6, 6.07) is 21.1. The summed E-state index contributed by atoms with van der Waals surface area (Å²) >= 11 is 3.49. The summed E-state index contributed by atoms with van der Waals surface area (Å²) in [4.78, 5) is 4.84. The van der Waals surface area contributed by atoms with Crippen molar-refractivity contribution in [2.24, 2.45) is 4.99 Å². The molecular weight excluding hydrogens is 350 g/mol. The van der Waals surface area contributed by atoms with Crippen LogP contribution in [0.25, 0.3) is 0 Å². The van der Waals surface area contributed by atoms with Gasteiger partial charge in [0.05, 0.1) is 17.4 Å². The van der Waals surface area contributed by atoms with Crippen molar-refractivity contribution in [3.63, 3.8) is 0 Å². The lowest BCUT2D eigenvalue weighted by molar-refractivity contribution is 0.529. The second-order valence-electron chi connectivity index (χ2n) is 5.78. The van der Waals surface area contributed by atoms with Gasteiger partial charge in [-0.1, -0.05) is 58.4 Å². The summed E-state index contributed by atoms with van der Waals surface area (Å²) in [6.07, 6.45) is 0.847. The number of benzene rings is 2. The summed E-state index contributed by atoms with van der Waals surface area (Å²) in [5, 5.41) is 4.65. The lowest BCUT2D eigenvalue weighted by Gasteiger charge is -2.24. The Morgan fingerprint density at radius 2 is 1.78 bits per heavy atom. The largest absolute Gasteiger partial charge is 0.240 e. The van der Waals surface area contributed by atoms with Crippen LogP contribution in [0.2, 0.25) is 0 Å². The molecule has 23 heavy (non-hydrogen) atoms. The number of aryl methyl sites for hydroxylation is 1. The van der Waals surface area contributed by atoms with Crippen LogP contribution in [-0.2, 0) is 0 Å². The number of nitrogens with zero attached hydrogens (tertiary/aromatic N) is 3. The highest BCUT2D eigenvalue weighted by molar-refractivity contribution is 9.10. The van der Waals surface area contributed by atoms with E-state index in [1.165, 1.54) is 11.1 Å². The Balaban J connectivity index is 1.81. The van der Waals surface area contributed by atoms with E-state index in [1.807, 2.05) is 23.7 Å². The van der Waals surface area contributed by atoms with E-state index < -0.39 is 0 Å². The number of aliphatic imine (C=N–C) groups is 1. The molecule has 4 heteroatoms. The molecule has 4 rings (SSSR count). The first-order valence-electron chi connectivity index (χ1n) is 7.65. The van der Waals surface area contributed by atoms with E-state index in [-0.39, 0.29) is 6.04 Å². The van der Waals surface area contributed by atoms with Crippen molar-refractivity contribution in [1.29, 1.82) is 0 Å². The maximum absolute atomic E-state index is 4.84. The number of fused-ring (bicyclic) bond motifs is 1. The highest BCUT2D eigenvalue weighted by Gasteiger charge is 2.25. The normalized spacial score (nSPS) is 16.8. The molecule has 1 aromatic heterocycles. The van der Waals surface area contributed by atoms with Crippen LogP contribution in [0.4, 0.5) is 5.82 Å². The third-order valence-electron chi connectivity index (χ3n) is 4.13. The molecular formula is C19H16BrN3. The summed E-state index contributed by atoms with van der Waals surface area (Å²) < 4.78 is 3.13. The van der Waals surface area contributed by atoms with Gasteiger partial charge in [-0.05, 0) is 30.2 Å². The molecule has 0 radical (unpaired) electrons. The van der Waals surface area contributed by atoms with Crippen LogP contribution < -0.4 is 0 Å². The highest BCUT2D eigenvalue weighted by atomic mass is 79.9. The third kappa shape index (κ3) is 2.75. The molecule has 1 atom stereocenters. The van der Waals surface area contributed by atoms with Crippen LogP contribution in [0, 0.1) is 6.92 Å². The average molecular weight is 366 g/mol. The van der Waals surface area contributed by atoms with Crippen molar-refractivity contribution in [3.05, 3.63) is 82.0 Å². The van der Waals surface area contributed by atoms with E-state index in [0.29, 0.717) is 0 Å². The molecule has 1 aliphatic rings. The predicted octanol–water partition coefficient (Wildman–Crippen LogP) is 5.07. The van der Waals surface area contributed by atoms with Crippen molar-refractivity contribution in [2.45, 2.75) is 19.4 Å². The van der Waals surface area contributed by atoms with Gasteiger partial charge in [-0.2, -0.15) is 5.10 Å². The molecule has 0 amide bonds. The number of hydrogen-bond donors (Lipinski definition) is 0. The minimum Gasteiger partial charge on any atom is -0.240 e. The van der Waals surface area contributed by atoms with Crippen LogP contribution >= 0.6 is 15.9 Å². The standard InChI is InChI=1S/C19H16BrN3/c1-13-11-19-21-17(14-7-9-16(20)10-8-14)12-18(23(19)22-13)15-5-3-2-4-6-15/h2-11,18H,12H2,1H3/t18-/m0/s1. The topological polar surface area (TPSA) is 30.2 Å². The molecule has 2 aromatic carbocycles. The Morgan fingerprint density at radius 1 is 1.04 bits per heavy atom. The van der Waals surface area contributed by atoms with Gasteiger partial charge in [-0.15, -0.1) is 0 Å². The predicted molar refractivity (Wildman–Crippen MR) is 96.5 cm³/mol. The summed E-state index contributed by atoms with van der Waals surface area (Å²) in [6.45, 7) is 2.02. The maximum Gasteiger partial charge on any atom is 0.151 e. The van der Waals surface area contributed by atoms with Crippen molar-refractivity contribution in [2.75, 3.05) is 0 Å². The lowest BCUT2D eigenvalue weighted by Crippen LogP contribution is -2.21. The van der Waals surface area contributed by atoms with Gasteiger partial charge in [-0.25, -0.2) is 9.67 Å². The fourth-order valence-corrected chi connectivity index (χ4v) is 3.29. The van der Waals surface area contributed by atoms with Crippen molar-refractivity contribution >= 4 is 27.5 Å². The zero-order valence-electron chi connectivity index (χ0n) is 12.8. The van der Waals surface area contributed by atoms with Gasteiger partial charge >= 0.3 is 0 Å². The molecule has 0 bridgehead atoms. The van der Waals surface area contributed by atoms with E-state index in [0.717, 1.165) is 28.1 Å². The lowest BCUT2D eigenvalue weighted by atomic mass is 9.96. The molecule has 0 aliphatic carbocycles. The quantitative estimate of drug-likeness (QED) is 0.623. The first-order chi connectivity index (χ1) is 11.2. The molecule has 0 saturated heterocycles. The molecule has 2 heterocycles. The fourth-order valence-electron chi connectivity index (χ4n) is 3.03. The van der Waals surface area contributed by atoms with Crippen molar-refractivity contribution in [1.82, 2.24) is 9.78 Å². The average Bonchev–Trinajstić information content (AvgIpc) is 2.95. The number of halogens is 1. The van der Waals surface area contributed by atoms with Gasteiger partial charge in [0, 0.05) is 17.0 Å². The van der Waals surface area contributed by atoms with Gasteiger partial charge in [0.2, 0.25) is 0 Å². The Morgan fingerprint density at radius 3 is 2.52 bits per heavy atom. The molecule has 0 fully saturated rings. The molecule has 3 aromatic rings. The smallest absolute Gasteiger partial charge is 0.151 e. The van der Waals surface area contributed by atoms with E-state index >= 15 is 0 Å². The molecule has 0 N–H and O–H groups in total.